The quantitative estimate of drug-likeness (QED) is 0.468. The van der Waals surface area contributed by atoms with Gasteiger partial charge >= 0.3 is 11.8 Å². The molecule has 0 radical (unpaired) electrons. The topological polar surface area (TPSA) is 72.8 Å². The van der Waals surface area contributed by atoms with Crippen molar-refractivity contribution < 1.29 is 24.2 Å². The normalized spacial score (nSPS) is 22.7. The number of Topliss-reactive ketones (excluding diaryl/α,β-unsaturated/α-hetero) is 1. The second-order valence-electron chi connectivity index (χ2n) is 8.12. The number of benzene rings is 4. The first kappa shape index (κ1) is 18.6. The summed E-state index contributed by atoms with van der Waals surface area (Å²) in [7, 11) is 0. The lowest BCUT2D eigenvalue weighted by molar-refractivity contribution is -0.205. The van der Waals surface area contributed by atoms with Gasteiger partial charge in [-0.15, -0.1) is 0 Å². The number of ether oxygens (including phenoxy) is 2. The van der Waals surface area contributed by atoms with Crippen molar-refractivity contribution >= 4 is 22.5 Å². The molecule has 1 aliphatic carbocycles. The van der Waals surface area contributed by atoms with Crippen LogP contribution >= 0.6 is 0 Å². The standard InChI is InChI=1S/C27H18O5/c1-16(28)31-27-21-14-8-7-13-20(21)25(30)26(27,17-9-3-2-4-10-17)22-15-23(29)18-11-5-6-12-19(18)24(22)32-27/h2-15,29H,1H3. The molecule has 4 aromatic carbocycles. The second kappa shape index (κ2) is 6.20. The Morgan fingerprint density at radius 2 is 1.53 bits per heavy atom. The molecule has 2 unspecified atom stereocenters. The molecule has 0 bridgehead atoms. The average Bonchev–Trinajstić information content (AvgIpc) is 3.20. The van der Waals surface area contributed by atoms with E-state index in [4.69, 9.17) is 9.47 Å². The lowest BCUT2D eigenvalue weighted by Crippen LogP contribution is -2.52. The van der Waals surface area contributed by atoms with Crippen molar-refractivity contribution in [3.8, 4) is 11.5 Å². The Morgan fingerprint density at radius 3 is 2.28 bits per heavy atom. The number of phenolic OH excluding ortho intramolecular Hbond substituents is 1. The molecule has 156 valence electrons. The highest BCUT2D eigenvalue weighted by Crippen LogP contribution is 2.65. The first-order chi connectivity index (χ1) is 15.5. The minimum atomic E-state index is -1.73. The number of fused-ring (bicyclic) bond motifs is 7. The van der Waals surface area contributed by atoms with Gasteiger partial charge in [-0.25, -0.2) is 0 Å². The zero-order valence-corrected chi connectivity index (χ0v) is 17.2. The molecule has 5 nitrogen and oxygen atoms in total. The Hall–Kier alpha value is -4.12. The van der Waals surface area contributed by atoms with Crippen molar-refractivity contribution in [3.63, 3.8) is 0 Å². The molecule has 32 heavy (non-hydrogen) atoms. The summed E-state index contributed by atoms with van der Waals surface area (Å²) < 4.78 is 12.6. The van der Waals surface area contributed by atoms with E-state index in [1.165, 1.54) is 6.92 Å². The number of rotatable bonds is 2. The van der Waals surface area contributed by atoms with Crippen LogP contribution in [-0.4, -0.2) is 16.9 Å². The van der Waals surface area contributed by atoms with E-state index in [-0.39, 0.29) is 11.5 Å². The predicted molar refractivity (Wildman–Crippen MR) is 118 cm³/mol. The van der Waals surface area contributed by atoms with E-state index in [1.54, 1.807) is 36.4 Å². The molecule has 1 heterocycles. The van der Waals surface area contributed by atoms with Gasteiger partial charge in [-0.3, -0.25) is 9.59 Å². The van der Waals surface area contributed by atoms with E-state index in [1.807, 2.05) is 48.5 Å². The van der Waals surface area contributed by atoms with Gasteiger partial charge in [0.25, 0.3) is 0 Å². The number of aromatic hydroxyl groups is 1. The smallest absolute Gasteiger partial charge is 0.306 e. The summed E-state index contributed by atoms with van der Waals surface area (Å²) in [4.78, 5) is 26.7. The molecule has 0 aromatic heterocycles. The number of carbonyl (C=O) groups excluding carboxylic acids is 2. The molecule has 4 aromatic rings. The lowest BCUT2D eigenvalue weighted by Gasteiger charge is -2.37. The monoisotopic (exact) mass is 422 g/mol. The molecule has 5 heteroatoms. The molecule has 0 spiro atoms. The van der Waals surface area contributed by atoms with Gasteiger partial charge in [0.05, 0.1) is 0 Å². The Labute approximate surface area is 183 Å². The highest BCUT2D eigenvalue weighted by Gasteiger charge is 2.74. The summed E-state index contributed by atoms with van der Waals surface area (Å²) in [6.45, 7) is 1.30. The highest BCUT2D eigenvalue weighted by atomic mass is 16.7. The molecule has 1 aliphatic heterocycles. The summed E-state index contributed by atoms with van der Waals surface area (Å²) in [5.41, 5.74) is 0.512. The maximum absolute atomic E-state index is 14.2. The Balaban J connectivity index is 1.82. The summed E-state index contributed by atoms with van der Waals surface area (Å²) in [5.74, 6) is -2.09. The second-order valence-corrected chi connectivity index (χ2v) is 8.12. The van der Waals surface area contributed by atoms with Gasteiger partial charge in [0, 0.05) is 34.4 Å². The third-order valence-electron chi connectivity index (χ3n) is 6.48. The van der Waals surface area contributed by atoms with Crippen molar-refractivity contribution in [2.75, 3.05) is 0 Å². The van der Waals surface area contributed by atoms with Gasteiger partial charge in [-0.2, -0.15) is 0 Å². The molecular formula is C27H18O5. The van der Waals surface area contributed by atoms with Crippen LogP contribution < -0.4 is 4.74 Å². The minimum Gasteiger partial charge on any atom is -0.507 e. The van der Waals surface area contributed by atoms with Crippen molar-refractivity contribution in [2.45, 2.75) is 18.1 Å². The number of carbonyl (C=O) groups is 2. The Kier molecular flexibility index (Phi) is 3.61. The summed E-state index contributed by atoms with van der Waals surface area (Å²) >= 11 is 0. The Morgan fingerprint density at radius 1 is 0.875 bits per heavy atom. The predicted octanol–water partition coefficient (Wildman–Crippen LogP) is 4.84. The summed E-state index contributed by atoms with van der Waals surface area (Å²) in [5, 5.41) is 12.1. The van der Waals surface area contributed by atoms with Crippen LogP contribution in [0.25, 0.3) is 10.8 Å². The maximum atomic E-state index is 14.2. The van der Waals surface area contributed by atoms with Crippen LogP contribution in [-0.2, 0) is 20.7 Å². The van der Waals surface area contributed by atoms with E-state index in [2.05, 4.69) is 0 Å². The van der Waals surface area contributed by atoms with Crippen LogP contribution in [0, 0.1) is 0 Å². The molecule has 0 saturated carbocycles. The average molecular weight is 422 g/mol. The van der Waals surface area contributed by atoms with Gasteiger partial charge in [0.1, 0.15) is 11.5 Å². The maximum Gasteiger partial charge on any atom is 0.306 e. The molecule has 0 fully saturated rings. The van der Waals surface area contributed by atoms with Crippen molar-refractivity contribution in [2.24, 2.45) is 0 Å². The zero-order valence-electron chi connectivity index (χ0n) is 17.2. The van der Waals surface area contributed by atoms with Gasteiger partial charge in [0.2, 0.25) is 0 Å². The molecular weight excluding hydrogens is 404 g/mol. The highest BCUT2D eigenvalue weighted by molar-refractivity contribution is 6.15. The lowest BCUT2D eigenvalue weighted by atomic mass is 9.68. The van der Waals surface area contributed by atoms with Crippen LogP contribution in [0.4, 0.5) is 0 Å². The van der Waals surface area contributed by atoms with Crippen LogP contribution in [0.1, 0.15) is 34.0 Å². The number of phenols is 1. The van der Waals surface area contributed by atoms with Crippen LogP contribution in [0.2, 0.25) is 0 Å². The van der Waals surface area contributed by atoms with Crippen molar-refractivity contribution in [1.29, 1.82) is 0 Å². The fraction of sp³-hybridized carbons (Fsp3) is 0.111. The fourth-order valence-electron chi connectivity index (χ4n) is 5.33. The van der Waals surface area contributed by atoms with E-state index in [9.17, 15) is 14.7 Å². The number of hydrogen-bond acceptors (Lipinski definition) is 5. The molecule has 1 N–H and O–H groups in total. The number of esters is 1. The van der Waals surface area contributed by atoms with E-state index in [0.29, 0.717) is 38.8 Å². The summed E-state index contributed by atoms with van der Waals surface area (Å²) in [6, 6.07) is 25.0. The Bertz CT molecular complexity index is 1440. The molecule has 0 amide bonds. The van der Waals surface area contributed by atoms with Crippen LogP contribution in [0.15, 0.2) is 84.9 Å². The van der Waals surface area contributed by atoms with Gasteiger partial charge in [0.15, 0.2) is 11.2 Å². The van der Waals surface area contributed by atoms with Crippen LogP contribution in [0.5, 0.6) is 11.5 Å². The van der Waals surface area contributed by atoms with E-state index in [0.717, 1.165) is 0 Å². The minimum absolute atomic E-state index is 0.0284. The molecule has 0 saturated heterocycles. The largest absolute Gasteiger partial charge is 0.507 e. The third kappa shape index (κ3) is 2.03. The number of hydrogen-bond donors (Lipinski definition) is 1. The number of ketones is 1. The fourth-order valence-corrected chi connectivity index (χ4v) is 5.33. The van der Waals surface area contributed by atoms with Gasteiger partial charge < -0.3 is 14.6 Å². The summed E-state index contributed by atoms with van der Waals surface area (Å²) in [6.07, 6.45) is 0. The molecule has 2 aliphatic rings. The van der Waals surface area contributed by atoms with E-state index < -0.39 is 17.2 Å². The van der Waals surface area contributed by atoms with Gasteiger partial charge in [-0.05, 0) is 11.6 Å². The molecule has 6 rings (SSSR count). The first-order valence-electron chi connectivity index (χ1n) is 10.3. The van der Waals surface area contributed by atoms with E-state index >= 15 is 0 Å². The first-order valence-corrected chi connectivity index (χ1v) is 10.3. The van der Waals surface area contributed by atoms with Gasteiger partial charge in [-0.1, -0.05) is 78.9 Å². The zero-order chi connectivity index (χ0) is 22.1. The van der Waals surface area contributed by atoms with Crippen LogP contribution in [0.3, 0.4) is 0 Å². The SMILES string of the molecule is CC(=O)OC12Oc3c(cc(O)c4ccccc34)C1(c1ccccc1)C(=O)c1ccccc12. The molecule has 2 atom stereocenters. The third-order valence-corrected chi connectivity index (χ3v) is 6.48. The van der Waals surface area contributed by atoms with Crippen molar-refractivity contribution in [3.05, 3.63) is 107 Å². The van der Waals surface area contributed by atoms with Crippen molar-refractivity contribution in [1.82, 2.24) is 0 Å².